The number of fused-ring (bicyclic) bond motifs is 1. The van der Waals surface area contributed by atoms with Gasteiger partial charge in [0.15, 0.2) is 5.96 Å². The van der Waals surface area contributed by atoms with E-state index in [1.165, 1.54) is 41.3 Å². The van der Waals surface area contributed by atoms with E-state index in [-0.39, 0.29) is 24.0 Å². The van der Waals surface area contributed by atoms with E-state index in [0.717, 1.165) is 50.6 Å². The number of aryl methyl sites for hydroxylation is 3. The van der Waals surface area contributed by atoms with Crippen LogP contribution in [0.1, 0.15) is 47.5 Å². The fourth-order valence-electron chi connectivity index (χ4n) is 3.03. The maximum Gasteiger partial charge on any atom is 0.191 e. The van der Waals surface area contributed by atoms with Gasteiger partial charge in [0.1, 0.15) is 5.76 Å². The fourth-order valence-corrected chi connectivity index (χ4v) is 4.23. The molecule has 0 unspecified atom stereocenters. The van der Waals surface area contributed by atoms with E-state index in [4.69, 9.17) is 9.40 Å². The molecule has 7 heteroatoms. The van der Waals surface area contributed by atoms with Gasteiger partial charge in [-0.2, -0.15) is 0 Å². The van der Waals surface area contributed by atoms with Crippen LogP contribution < -0.4 is 10.6 Å². The number of nitrogens with one attached hydrogen (secondary N) is 2. The minimum Gasteiger partial charge on any atom is -0.469 e. The number of rotatable bonds is 8. The molecule has 2 aromatic rings. The molecule has 0 fully saturated rings. The van der Waals surface area contributed by atoms with E-state index in [1.807, 2.05) is 23.5 Å². The molecular weight excluding hydrogens is 459 g/mol. The molecule has 0 atom stereocenters. The second-order valence-corrected chi connectivity index (χ2v) is 7.47. The van der Waals surface area contributed by atoms with Gasteiger partial charge in [-0.25, -0.2) is 4.98 Å². The highest BCUT2D eigenvalue weighted by atomic mass is 127. The summed E-state index contributed by atoms with van der Waals surface area (Å²) in [6.07, 6.45) is 9.69. The largest absolute Gasteiger partial charge is 0.469 e. The third-order valence-corrected chi connectivity index (χ3v) is 5.51. The number of aliphatic imine (C=N–C) groups is 1. The molecule has 0 aromatic carbocycles. The van der Waals surface area contributed by atoms with E-state index < -0.39 is 0 Å². The molecule has 2 heterocycles. The highest BCUT2D eigenvalue weighted by Crippen LogP contribution is 2.27. The van der Waals surface area contributed by atoms with Crippen molar-refractivity contribution >= 4 is 41.3 Å². The van der Waals surface area contributed by atoms with Gasteiger partial charge in [-0.15, -0.1) is 35.3 Å². The zero-order chi connectivity index (χ0) is 17.3. The topological polar surface area (TPSA) is 62.5 Å². The summed E-state index contributed by atoms with van der Waals surface area (Å²) in [5.41, 5.74) is 1.36. The van der Waals surface area contributed by atoms with Gasteiger partial charge in [-0.1, -0.05) is 0 Å². The molecule has 0 radical (unpaired) electrons. The van der Waals surface area contributed by atoms with Crippen molar-refractivity contribution in [1.29, 1.82) is 0 Å². The number of furan rings is 1. The maximum atomic E-state index is 5.35. The number of hydrogen-bond acceptors (Lipinski definition) is 4. The lowest BCUT2D eigenvalue weighted by atomic mass is 10.0. The molecule has 0 bridgehead atoms. The quantitative estimate of drug-likeness (QED) is 0.256. The molecular formula is C19H29IN4OS. The summed E-state index contributed by atoms with van der Waals surface area (Å²) in [5, 5.41) is 7.95. The normalized spacial score (nSPS) is 13.8. The van der Waals surface area contributed by atoms with E-state index in [9.17, 15) is 0 Å². The van der Waals surface area contributed by atoms with Crippen LogP contribution in [0.15, 0.2) is 27.8 Å². The molecule has 5 nitrogen and oxygen atoms in total. The van der Waals surface area contributed by atoms with Gasteiger partial charge in [-0.05, 0) is 51.2 Å². The SMILES string of the molecule is CCNC(=NCCCc1nc2c(s1)CCCC2)NCCc1ccco1.I. The molecule has 2 N–H and O–H groups in total. The predicted octanol–water partition coefficient (Wildman–Crippen LogP) is 3.96. The smallest absolute Gasteiger partial charge is 0.191 e. The van der Waals surface area contributed by atoms with Crippen LogP contribution in [-0.2, 0) is 25.7 Å². The molecule has 2 aromatic heterocycles. The number of halogens is 1. The maximum absolute atomic E-state index is 5.35. The monoisotopic (exact) mass is 488 g/mol. The summed E-state index contributed by atoms with van der Waals surface area (Å²) in [7, 11) is 0. The molecule has 26 heavy (non-hydrogen) atoms. The highest BCUT2D eigenvalue weighted by molar-refractivity contribution is 14.0. The summed E-state index contributed by atoms with van der Waals surface area (Å²) in [5.74, 6) is 1.88. The zero-order valence-corrected chi connectivity index (χ0v) is 18.6. The third kappa shape index (κ3) is 6.57. The first-order valence-corrected chi connectivity index (χ1v) is 10.2. The fraction of sp³-hybridized carbons (Fsp3) is 0.579. The van der Waals surface area contributed by atoms with Gasteiger partial charge in [0.2, 0.25) is 0 Å². The Morgan fingerprint density at radius 2 is 2.15 bits per heavy atom. The third-order valence-electron chi connectivity index (χ3n) is 4.30. The summed E-state index contributed by atoms with van der Waals surface area (Å²) >= 11 is 1.92. The van der Waals surface area contributed by atoms with E-state index in [1.54, 1.807) is 6.26 Å². The molecule has 1 aliphatic rings. The number of nitrogens with zero attached hydrogens (tertiary/aromatic N) is 2. The Morgan fingerprint density at radius 1 is 1.27 bits per heavy atom. The molecule has 0 saturated carbocycles. The summed E-state index contributed by atoms with van der Waals surface area (Å²) in [4.78, 5) is 11.0. The first kappa shape index (κ1) is 21.2. The van der Waals surface area contributed by atoms with Crippen molar-refractivity contribution in [2.24, 2.45) is 4.99 Å². The lowest BCUT2D eigenvalue weighted by molar-refractivity contribution is 0.507. The van der Waals surface area contributed by atoms with Crippen molar-refractivity contribution < 1.29 is 4.42 Å². The van der Waals surface area contributed by atoms with Crippen LogP contribution in [0.4, 0.5) is 0 Å². The van der Waals surface area contributed by atoms with Crippen molar-refractivity contribution in [2.45, 2.75) is 51.9 Å². The average molecular weight is 488 g/mol. The van der Waals surface area contributed by atoms with Gasteiger partial charge in [0, 0.05) is 37.4 Å². The Labute approximate surface area is 177 Å². The van der Waals surface area contributed by atoms with Crippen LogP contribution in [0.25, 0.3) is 0 Å². The number of hydrogen-bond donors (Lipinski definition) is 2. The molecule has 0 saturated heterocycles. The predicted molar refractivity (Wildman–Crippen MR) is 119 cm³/mol. The first-order chi connectivity index (χ1) is 12.3. The molecule has 3 rings (SSSR count). The number of thiazole rings is 1. The van der Waals surface area contributed by atoms with Crippen LogP contribution in [0.2, 0.25) is 0 Å². The van der Waals surface area contributed by atoms with Gasteiger partial charge in [0.25, 0.3) is 0 Å². The standard InChI is InChI=1S/C19H28N4OS.HI/c1-2-20-19(22-13-11-15-7-6-14-24-15)21-12-5-10-18-23-16-8-3-4-9-17(16)25-18;/h6-7,14H,2-5,8-13H2,1H3,(H2,20,21,22);1H. The minimum absolute atomic E-state index is 0. The Bertz CT molecular complexity index is 646. The second-order valence-electron chi connectivity index (χ2n) is 6.30. The highest BCUT2D eigenvalue weighted by Gasteiger charge is 2.14. The minimum atomic E-state index is 0. The molecule has 0 amide bonds. The van der Waals surface area contributed by atoms with Crippen LogP contribution >= 0.6 is 35.3 Å². The van der Waals surface area contributed by atoms with Crippen molar-refractivity contribution in [3.05, 3.63) is 39.7 Å². The van der Waals surface area contributed by atoms with Crippen LogP contribution in [0.3, 0.4) is 0 Å². The Kier molecular flexibility index (Phi) is 9.45. The zero-order valence-electron chi connectivity index (χ0n) is 15.4. The molecule has 144 valence electrons. The Hall–Kier alpha value is -1.09. The van der Waals surface area contributed by atoms with Gasteiger partial charge in [-0.3, -0.25) is 4.99 Å². The second kappa shape index (κ2) is 11.6. The average Bonchev–Trinajstić information content (AvgIpc) is 3.27. The number of aromatic nitrogens is 1. The van der Waals surface area contributed by atoms with Gasteiger partial charge in [0.05, 0.1) is 17.0 Å². The molecule has 1 aliphatic carbocycles. The Morgan fingerprint density at radius 3 is 2.92 bits per heavy atom. The van der Waals surface area contributed by atoms with E-state index in [2.05, 4.69) is 22.5 Å². The van der Waals surface area contributed by atoms with Crippen molar-refractivity contribution in [3.8, 4) is 0 Å². The van der Waals surface area contributed by atoms with E-state index in [0.29, 0.717) is 0 Å². The van der Waals surface area contributed by atoms with Gasteiger partial charge < -0.3 is 15.1 Å². The lowest BCUT2D eigenvalue weighted by Gasteiger charge is -2.10. The molecule has 0 spiro atoms. The summed E-state index contributed by atoms with van der Waals surface area (Å²) < 4.78 is 5.35. The lowest BCUT2D eigenvalue weighted by Crippen LogP contribution is -2.38. The Balaban J connectivity index is 0.00000243. The first-order valence-electron chi connectivity index (χ1n) is 9.37. The summed E-state index contributed by atoms with van der Waals surface area (Å²) in [6.45, 7) is 4.59. The molecule has 0 aliphatic heterocycles. The van der Waals surface area contributed by atoms with Crippen molar-refractivity contribution in [1.82, 2.24) is 15.6 Å². The van der Waals surface area contributed by atoms with Crippen LogP contribution in [-0.4, -0.2) is 30.6 Å². The van der Waals surface area contributed by atoms with Crippen molar-refractivity contribution in [2.75, 3.05) is 19.6 Å². The van der Waals surface area contributed by atoms with Crippen molar-refractivity contribution in [3.63, 3.8) is 0 Å². The van der Waals surface area contributed by atoms with Crippen LogP contribution in [0.5, 0.6) is 0 Å². The van der Waals surface area contributed by atoms with E-state index >= 15 is 0 Å². The summed E-state index contributed by atoms with van der Waals surface area (Å²) in [6, 6.07) is 3.92. The van der Waals surface area contributed by atoms with Crippen LogP contribution in [0, 0.1) is 0 Å². The van der Waals surface area contributed by atoms with Gasteiger partial charge >= 0.3 is 0 Å². The number of guanidine groups is 1.